The quantitative estimate of drug-likeness (QED) is 0.652. The van der Waals surface area contributed by atoms with E-state index in [0.29, 0.717) is 0 Å². The van der Waals surface area contributed by atoms with Crippen molar-refractivity contribution in [3.05, 3.63) is 50.1 Å². The third-order valence-corrected chi connectivity index (χ3v) is 7.25. The Bertz CT molecular complexity index is 885. The third-order valence-electron chi connectivity index (χ3n) is 5.64. The average Bonchev–Trinajstić information content (AvgIpc) is 3.19. The molecule has 1 aromatic carbocycles. The lowest BCUT2D eigenvalue weighted by Gasteiger charge is -2.36. The fraction of sp³-hybridized carbons (Fsp3) is 0.429. The zero-order chi connectivity index (χ0) is 19.8. The average molecular weight is 462 g/mol. The molecule has 2 saturated heterocycles. The van der Waals surface area contributed by atoms with Gasteiger partial charge in [-0.2, -0.15) is 0 Å². The van der Waals surface area contributed by atoms with Gasteiger partial charge < -0.3 is 0 Å². The molecule has 1 unspecified atom stereocenters. The fourth-order valence-corrected chi connectivity index (χ4v) is 5.71. The molecule has 0 aliphatic carbocycles. The molecule has 1 atom stereocenters. The number of carbonyl (C=O) groups excluding carboxylic acids is 2. The van der Waals surface area contributed by atoms with Crippen LogP contribution in [0, 0.1) is 13.8 Å². The van der Waals surface area contributed by atoms with Crippen LogP contribution in [0.5, 0.6) is 0 Å². The maximum absolute atomic E-state index is 13.1. The third kappa shape index (κ3) is 3.81. The van der Waals surface area contributed by atoms with E-state index >= 15 is 0 Å². The van der Waals surface area contributed by atoms with Gasteiger partial charge in [0.05, 0.1) is 21.9 Å². The van der Waals surface area contributed by atoms with E-state index in [1.807, 2.05) is 32.0 Å². The van der Waals surface area contributed by atoms with Crippen LogP contribution in [-0.2, 0) is 16.1 Å². The minimum Gasteiger partial charge on any atom is -0.296 e. The number of imide groups is 1. The standard InChI is InChI=1S/C21H24BrN3O2S/c1-14-4-3-5-15(2)20(14)25-19(26)12-17(21(25)27)24-10-8-23(9-11-24)13-16-6-7-18(22)28-16/h3-7,17H,8-13H2,1-2H3. The number of para-hydroxylation sites is 1. The highest BCUT2D eigenvalue weighted by Crippen LogP contribution is 2.31. The first-order chi connectivity index (χ1) is 13.4. The molecule has 1 aromatic heterocycles. The summed E-state index contributed by atoms with van der Waals surface area (Å²) >= 11 is 5.28. The van der Waals surface area contributed by atoms with E-state index in [4.69, 9.17) is 0 Å². The second-order valence-electron chi connectivity index (χ2n) is 7.55. The van der Waals surface area contributed by atoms with Gasteiger partial charge in [0, 0.05) is 37.6 Å². The molecule has 2 aromatic rings. The number of aryl methyl sites for hydroxylation is 2. The van der Waals surface area contributed by atoms with Gasteiger partial charge >= 0.3 is 0 Å². The lowest BCUT2D eigenvalue weighted by atomic mass is 10.1. The number of hydrogen-bond acceptors (Lipinski definition) is 5. The summed E-state index contributed by atoms with van der Waals surface area (Å²) in [6, 6.07) is 9.78. The normalized spacial score (nSPS) is 21.7. The van der Waals surface area contributed by atoms with Crippen LogP contribution >= 0.6 is 27.3 Å². The van der Waals surface area contributed by atoms with E-state index < -0.39 is 0 Å². The smallest absolute Gasteiger partial charge is 0.251 e. The number of benzene rings is 1. The second-order valence-corrected chi connectivity index (χ2v) is 10.1. The molecule has 28 heavy (non-hydrogen) atoms. The van der Waals surface area contributed by atoms with Crippen molar-refractivity contribution in [2.24, 2.45) is 0 Å². The van der Waals surface area contributed by atoms with E-state index in [1.54, 1.807) is 11.3 Å². The maximum atomic E-state index is 13.1. The first-order valence-corrected chi connectivity index (χ1v) is 11.2. The molecule has 0 spiro atoms. The molecule has 2 aliphatic heterocycles. The summed E-state index contributed by atoms with van der Waals surface area (Å²) in [5.41, 5.74) is 2.70. The number of anilines is 1. The molecule has 0 radical (unpaired) electrons. The zero-order valence-electron chi connectivity index (χ0n) is 16.2. The molecular formula is C21H24BrN3O2S. The van der Waals surface area contributed by atoms with Gasteiger partial charge in [0.25, 0.3) is 5.91 Å². The van der Waals surface area contributed by atoms with Crippen LogP contribution in [0.15, 0.2) is 34.1 Å². The highest BCUT2D eigenvalue weighted by molar-refractivity contribution is 9.11. The van der Waals surface area contributed by atoms with Gasteiger partial charge in [-0.05, 0) is 53.0 Å². The maximum Gasteiger partial charge on any atom is 0.251 e. The van der Waals surface area contributed by atoms with Gasteiger partial charge in [-0.15, -0.1) is 11.3 Å². The summed E-state index contributed by atoms with van der Waals surface area (Å²) in [6.07, 6.45) is 0.282. The zero-order valence-corrected chi connectivity index (χ0v) is 18.6. The molecule has 148 valence electrons. The van der Waals surface area contributed by atoms with Crippen molar-refractivity contribution in [1.82, 2.24) is 9.80 Å². The monoisotopic (exact) mass is 461 g/mol. The van der Waals surface area contributed by atoms with Crippen LogP contribution in [0.3, 0.4) is 0 Å². The molecule has 4 rings (SSSR count). The molecule has 0 bridgehead atoms. The molecular weight excluding hydrogens is 438 g/mol. The molecule has 7 heteroatoms. The van der Waals surface area contributed by atoms with E-state index in [1.165, 1.54) is 9.78 Å². The van der Waals surface area contributed by atoms with Gasteiger partial charge in [-0.3, -0.25) is 19.4 Å². The summed E-state index contributed by atoms with van der Waals surface area (Å²) in [4.78, 5) is 33.2. The molecule has 0 saturated carbocycles. The SMILES string of the molecule is Cc1cccc(C)c1N1C(=O)CC(N2CCN(Cc3ccc(Br)s3)CC2)C1=O. The number of amides is 2. The van der Waals surface area contributed by atoms with E-state index in [-0.39, 0.29) is 24.3 Å². The Morgan fingerprint density at radius 1 is 1.04 bits per heavy atom. The van der Waals surface area contributed by atoms with Crippen LogP contribution in [0.2, 0.25) is 0 Å². The molecule has 0 N–H and O–H groups in total. The summed E-state index contributed by atoms with van der Waals surface area (Å²) < 4.78 is 1.16. The Kier molecular flexibility index (Phi) is 5.69. The summed E-state index contributed by atoms with van der Waals surface area (Å²) in [6.45, 7) is 8.31. The minimum absolute atomic E-state index is 0.0713. The molecule has 3 heterocycles. The van der Waals surface area contributed by atoms with Crippen molar-refractivity contribution in [2.75, 3.05) is 31.1 Å². The lowest BCUT2D eigenvalue weighted by molar-refractivity contribution is -0.123. The van der Waals surface area contributed by atoms with E-state index in [9.17, 15) is 9.59 Å². The Morgan fingerprint density at radius 3 is 2.32 bits per heavy atom. The number of thiophene rings is 1. The van der Waals surface area contributed by atoms with Gasteiger partial charge in [0.1, 0.15) is 0 Å². The Hall–Kier alpha value is -1.54. The van der Waals surface area contributed by atoms with Gasteiger partial charge in [0.2, 0.25) is 5.91 Å². The number of nitrogens with zero attached hydrogens (tertiary/aromatic N) is 3. The predicted molar refractivity (Wildman–Crippen MR) is 116 cm³/mol. The predicted octanol–water partition coefficient (Wildman–Crippen LogP) is 3.58. The number of rotatable bonds is 4. The van der Waals surface area contributed by atoms with Crippen molar-refractivity contribution in [3.63, 3.8) is 0 Å². The van der Waals surface area contributed by atoms with Crippen LogP contribution < -0.4 is 4.90 Å². The first-order valence-electron chi connectivity index (χ1n) is 9.57. The summed E-state index contributed by atoms with van der Waals surface area (Å²) in [5.74, 6) is -0.156. The fourth-order valence-electron chi connectivity index (χ4n) is 4.18. The molecule has 2 aliphatic rings. The van der Waals surface area contributed by atoms with Crippen LogP contribution in [-0.4, -0.2) is 53.8 Å². The van der Waals surface area contributed by atoms with Crippen molar-refractivity contribution in [1.29, 1.82) is 0 Å². The van der Waals surface area contributed by atoms with E-state index in [0.717, 1.165) is 53.3 Å². The van der Waals surface area contributed by atoms with Crippen molar-refractivity contribution in [3.8, 4) is 0 Å². The van der Waals surface area contributed by atoms with Crippen LogP contribution in [0.4, 0.5) is 5.69 Å². The van der Waals surface area contributed by atoms with E-state index in [2.05, 4.69) is 37.9 Å². The largest absolute Gasteiger partial charge is 0.296 e. The summed E-state index contributed by atoms with van der Waals surface area (Å²) in [5, 5.41) is 0. The molecule has 2 fully saturated rings. The lowest BCUT2D eigenvalue weighted by Crippen LogP contribution is -2.52. The highest BCUT2D eigenvalue weighted by atomic mass is 79.9. The Morgan fingerprint density at radius 2 is 1.71 bits per heavy atom. The van der Waals surface area contributed by atoms with Crippen molar-refractivity contribution in [2.45, 2.75) is 32.9 Å². The van der Waals surface area contributed by atoms with Gasteiger partial charge in [-0.1, -0.05) is 18.2 Å². The van der Waals surface area contributed by atoms with Crippen LogP contribution in [0.25, 0.3) is 0 Å². The summed E-state index contributed by atoms with van der Waals surface area (Å²) in [7, 11) is 0. The minimum atomic E-state index is -0.329. The number of halogens is 1. The Balaban J connectivity index is 1.42. The van der Waals surface area contributed by atoms with Gasteiger partial charge in [0.15, 0.2) is 0 Å². The number of carbonyl (C=O) groups is 2. The highest BCUT2D eigenvalue weighted by Gasteiger charge is 2.44. The number of piperazine rings is 1. The molecule has 2 amide bonds. The van der Waals surface area contributed by atoms with Crippen molar-refractivity contribution < 1.29 is 9.59 Å². The van der Waals surface area contributed by atoms with Crippen LogP contribution in [0.1, 0.15) is 22.4 Å². The molecule has 5 nitrogen and oxygen atoms in total. The number of hydrogen-bond donors (Lipinski definition) is 0. The van der Waals surface area contributed by atoms with Gasteiger partial charge in [-0.25, -0.2) is 4.90 Å². The topological polar surface area (TPSA) is 43.9 Å². The first kappa shape index (κ1) is 19.8. The van der Waals surface area contributed by atoms with Crippen molar-refractivity contribution >= 4 is 44.8 Å². The second kappa shape index (κ2) is 8.06. The Labute approximate surface area is 178 Å².